The van der Waals surface area contributed by atoms with E-state index in [-0.39, 0.29) is 12.2 Å². The van der Waals surface area contributed by atoms with Gasteiger partial charge in [-0.15, -0.1) is 0 Å². The van der Waals surface area contributed by atoms with E-state index < -0.39 is 6.09 Å². The van der Waals surface area contributed by atoms with Gasteiger partial charge < -0.3 is 19.5 Å². The summed E-state index contributed by atoms with van der Waals surface area (Å²) in [6.45, 7) is 7.21. The van der Waals surface area contributed by atoms with Crippen molar-refractivity contribution in [3.8, 4) is 0 Å². The number of carbonyl (C=O) groups excluding carboxylic acids is 1. The number of nitrogens with one attached hydrogen (secondary N) is 1. The summed E-state index contributed by atoms with van der Waals surface area (Å²) in [5.74, 6) is 0.906. The molecule has 0 fully saturated rings. The summed E-state index contributed by atoms with van der Waals surface area (Å²) < 4.78 is 16.1. The van der Waals surface area contributed by atoms with Crippen LogP contribution in [-0.4, -0.2) is 38.1 Å². The molecule has 0 heterocycles. The molecule has 2 unspecified atom stereocenters. The average molecular weight is 283 g/mol. The molecule has 1 N–H and O–H groups in total. The van der Waals surface area contributed by atoms with Gasteiger partial charge in [-0.05, 0) is 38.8 Å². The Morgan fingerprint density at radius 3 is 2.90 bits per heavy atom. The molecule has 0 aromatic carbocycles. The second-order valence-electron chi connectivity index (χ2n) is 4.59. The summed E-state index contributed by atoms with van der Waals surface area (Å²) in [6.07, 6.45) is 7.63. The van der Waals surface area contributed by atoms with Crippen LogP contribution in [0.15, 0.2) is 24.0 Å². The van der Waals surface area contributed by atoms with Gasteiger partial charge in [-0.2, -0.15) is 0 Å². The van der Waals surface area contributed by atoms with Gasteiger partial charge in [-0.25, -0.2) is 4.79 Å². The van der Waals surface area contributed by atoms with Gasteiger partial charge in [0.05, 0.1) is 25.4 Å². The van der Waals surface area contributed by atoms with Crippen LogP contribution in [0.25, 0.3) is 0 Å². The Bertz CT molecular complexity index is 352. The van der Waals surface area contributed by atoms with E-state index in [0.29, 0.717) is 19.8 Å². The van der Waals surface area contributed by atoms with Crippen LogP contribution < -0.4 is 5.32 Å². The molecule has 5 nitrogen and oxygen atoms in total. The highest BCUT2D eigenvalue weighted by Crippen LogP contribution is 2.16. The number of allylic oxidation sites excluding steroid dienone is 1. The van der Waals surface area contributed by atoms with Crippen LogP contribution in [0.1, 0.15) is 33.6 Å². The smallest absolute Gasteiger partial charge is 0.407 e. The fraction of sp³-hybridized carbons (Fsp3) is 0.667. The van der Waals surface area contributed by atoms with Crippen LogP contribution in [0.2, 0.25) is 0 Å². The minimum Gasteiger partial charge on any atom is -0.491 e. The number of hydrogen-bond donors (Lipinski definition) is 1. The minimum absolute atomic E-state index is 0.0447. The van der Waals surface area contributed by atoms with E-state index >= 15 is 0 Å². The van der Waals surface area contributed by atoms with E-state index in [1.165, 1.54) is 0 Å². The third-order valence-electron chi connectivity index (χ3n) is 2.92. The maximum absolute atomic E-state index is 11.0. The summed E-state index contributed by atoms with van der Waals surface area (Å²) in [6, 6.07) is 0. The SMILES string of the molecule is CCOC(=O)NCCOC1C=CC(OC(C)CC)=CC1. The second kappa shape index (κ2) is 9.42. The fourth-order valence-electron chi connectivity index (χ4n) is 1.65. The van der Waals surface area contributed by atoms with Gasteiger partial charge >= 0.3 is 6.09 Å². The first-order valence-corrected chi connectivity index (χ1v) is 7.23. The Morgan fingerprint density at radius 2 is 2.30 bits per heavy atom. The van der Waals surface area contributed by atoms with Crippen molar-refractivity contribution in [2.24, 2.45) is 0 Å². The summed E-state index contributed by atoms with van der Waals surface area (Å²) in [7, 11) is 0. The summed E-state index contributed by atoms with van der Waals surface area (Å²) in [5, 5.41) is 2.62. The molecule has 1 amide bonds. The number of rotatable bonds is 8. The zero-order valence-electron chi connectivity index (χ0n) is 12.6. The number of amides is 1. The zero-order valence-corrected chi connectivity index (χ0v) is 12.6. The van der Waals surface area contributed by atoms with Crippen molar-refractivity contribution < 1.29 is 19.0 Å². The molecule has 0 saturated carbocycles. The monoisotopic (exact) mass is 283 g/mol. The van der Waals surface area contributed by atoms with Gasteiger partial charge in [-0.1, -0.05) is 13.0 Å². The first-order chi connectivity index (χ1) is 9.65. The van der Waals surface area contributed by atoms with Crippen molar-refractivity contribution in [1.82, 2.24) is 5.32 Å². The molecule has 0 radical (unpaired) electrons. The lowest BCUT2D eigenvalue weighted by Crippen LogP contribution is -2.29. The Hall–Kier alpha value is -1.49. The predicted octanol–water partition coefficient (Wildman–Crippen LogP) is 2.78. The van der Waals surface area contributed by atoms with Gasteiger partial charge in [0.15, 0.2) is 0 Å². The van der Waals surface area contributed by atoms with Crippen LogP contribution >= 0.6 is 0 Å². The molecule has 1 aliphatic carbocycles. The van der Waals surface area contributed by atoms with E-state index in [1.807, 2.05) is 18.2 Å². The van der Waals surface area contributed by atoms with Gasteiger partial charge in [0, 0.05) is 6.54 Å². The van der Waals surface area contributed by atoms with Crippen molar-refractivity contribution in [1.29, 1.82) is 0 Å². The molecule has 1 rings (SSSR count). The molecular weight excluding hydrogens is 258 g/mol. The van der Waals surface area contributed by atoms with Crippen LogP contribution in [0.3, 0.4) is 0 Å². The zero-order chi connectivity index (χ0) is 14.8. The predicted molar refractivity (Wildman–Crippen MR) is 77.4 cm³/mol. The molecule has 0 aliphatic heterocycles. The topological polar surface area (TPSA) is 56.8 Å². The largest absolute Gasteiger partial charge is 0.491 e. The first-order valence-electron chi connectivity index (χ1n) is 7.23. The normalized spacial score (nSPS) is 19.1. The molecule has 0 spiro atoms. The lowest BCUT2D eigenvalue weighted by atomic mass is 10.1. The van der Waals surface area contributed by atoms with E-state index in [9.17, 15) is 4.79 Å². The fourth-order valence-corrected chi connectivity index (χ4v) is 1.65. The van der Waals surface area contributed by atoms with Crippen LogP contribution in [0.5, 0.6) is 0 Å². The summed E-state index contributed by atoms with van der Waals surface area (Å²) >= 11 is 0. The number of hydrogen-bond acceptors (Lipinski definition) is 4. The summed E-state index contributed by atoms with van der Waals surface area (Å²) in [5.41, 5.74) is 0. The standard InChI is InChI=1S/C15H25NO4/c1-4-12(3)20-14-8-6-13(7-9-14)19-11-10-16-15(17)18-5-2/h6,8-9,12-13H,4-5,7,10-11H2,1-3H3,(H,16,17). The van der Waals surface area contributed by atoms with E-state index in [0.717, 1.165) is 18.6 Å². The third kappa shape index (κ3) is 6.61. The Kier molecular flexibility index (Phi) is 7.80. The molecule has 114 valence electrons. The van der Waals surface area contributed by atoms with E-state index in [2.05, 4.69) is 19.2 Å². The number of alkyl carbamates (subject to hydrolysis) is 1. The van der Waals surface area contributed by atoms with Gasteiger partial charge in [0.1, 0.15) is 5.76 Å². The molecule has 1 aliphatic rings. The van der Waals surface area contributed by atoms with Crippen LogP contribution in [0.4, 0.5) is 4.79 Å². The molecule has 20 heavy (non-hydrogen) atoms. The molecule has 0 bridgehead atoms. The molecule has 0 aromatic heterocycles. The van der Waals surface area contributed by atoms with E-state index in [4.69, 9.17) is 14.2 Å². The first kappa shape index (κ1) is 16.6. The average Bonchev–Trinajstić information content (AvgIpc) is 2.45. The third-order valence-corrected chi connectivity index (χ3v) is 2.92. The second-order valence-corrected chi connectivity index (χ2v) is 4.59. The van der Waals surface area contributed by atoms with E-state index in [1.54, 1.807) is 6.92 Å². The highest BCUT2D eigenvalue weighted by molar-refractivity contribution is 5.66. The Balaban J connectivity index is 2.14. The highest BCUT2D eigenvalue weighted by Gasteiger charge is 2.11. The lowest BCUT2D eigenvalue weighted by molar-refractivity contribution is 0.0805. The van der Waals surface area contributed by atoms with Crippen molar-refractivity contribution in [2.75, 3.05) is 19.8 Å². The molecule has 0 saturated heterocycles. The lowest BCUT2D eigenvalue weighted by Gasteiger charge is -2.19. The quantitative estimate of drug-likeness (QED) is 0.696. The van der Waals surface area contributed by atoms with Crippen molar-refractivity contribution in [2.45, 2.75) is 45.8 Å². The molecular formula is C15H25NO4. The van der Waals surface area contributed by atoms with Gasteiger partial charge in [0.25, 0.3) is 0 Å². The van der Waals surface area contributed by atoms with Crippen molar-refractivity contribution in [3.05, 3.63) is 24.0 Å². The highest BCUT2D eigenvalue weighted by atomic mass is 16.5. The van der Waals surface area contributed by atoms with Gasteiger partial charge in [-0.3, -0.25) is 0 Å². The number of carbonyl (C=O) groups is 1. The molecule has 0 aromatic rings. The van der Waals surface area contributed by atoms with Crippen molar-refractivity contribution in [3.63, 3.8) is 0 Å². The number of ether oxygens (including phenoxy) is 3. The van der Waals surface area contributed by atoms with Gasteiger partial charge in [0.2, 0.25) is 0 Å². The summed E-state index contributed by atoms with van der Waals surface area (Å²) in [4.78, 5) is 11.0. The van der Waals surface area contributed by atoms with Crippen LogP contribution in [0, 0.1) is 0 Å². The Labute approximate surface area is 121 Å². The van der Waals surface area contributed by atoms with Crippen LogP contribution in [-0.2, 0) is 14.2 Å². The molecule has 2 atom stereocenters. The van der Waals surface area contributed by atoms with Crippen molar-refractivity contribution >= 4 is 6.09 Å². The maximum Gasteiger partial charge on any atom is 0.407 e. The molecule has 5 heteroatoms. The Morgan fingerprint density at radius 1 is 1.50 bits per heavy atom. The minimum atomic E-state index is -0.403. The maximum atomic E-state index is 11.0.